The van der Waals surface area contributed by atoms with E-state index in [1.807, 2.05) is 0 Å². The van der Waals surface area contributed by atoms with E-state index in [9.17, 15) is 14.7 Å². The van der Waals surface area contributed by atoms with Gasteiger partial charge in [0.1, 0.15) is 12.3 Å². The Morgan fingerprint density at radius 2 is 2.33 bits per heavy atom. The third-order valence-corrected chi connectivity index (χ3v) is 2.91. The topological polar surface area (TPSA) is 105 Å². The van der Waals surface area contributed by atoms with Crippen molar-refractivity contribution >= 4 is 6.08 Å². The molecule has 0 aromatic carbocycles. The van der Waals surface area contributed by atoms with Crippen LogP contribution in [0.4, 0.5) is 0 Å². The van der Waals surface area contributed by atoms with Crippen molar-refractivity contribution in [3.63, 3.8) is 0 Å². The van der Waals surface area contributed by atoms with Gasteiger partial charge < -0.3 is 14.9 Å². The normalized spacial score (nSPS) is 27.3. The molecule has 0 radical (unpaired) electrons. The van der Waals surface area contributed by atoms with E-state index in [1.165, 1.54) is 16.8 Å². The minimum atomic E-state index is -0.842. The maximum absolute atomic E-state index is 11.6. The molecule has 0 amide bonds. The van der Waals surface area contributed by atoms with Gasteiger partial charge in [0.15, 0.2) is 0 Å². The van der Waals surface area contributed by atoms with Crippen molar-refractivity contribution in [2.45, 2.75) is 24.9 Å². The molecule has 0 bridgehead atoms. The summed E-state index contributed by atoms with van der Waals surface area (Å²) < 4.78 is 6.51. The van der Waals surface area contributed by atoms with Crippen LogP contribution in [0.15, 0.2) is 22.4 Å². The number of aliphatic hydroxyl groups excluding tert-OH is 2. The third kappa shape index (κ3) is 2.15. The third-order valence-electron chi connectivity index (χ3n) is 2.91. The zero-order chi connectivity index (χ0) is 13.3. The van der Waals surface area contributed by atoms with Crippen molar-refractivity contribution < 1.29 is 14.9 Å². The first kappa shape index (κ1) is 12.7. The van der Waals surface area contributed by atoms with E-state index in [1.54, 1.807) is 0 Å². The van der Waals surface area contributed by atoms with Crippen molar-refractivity contribution in [2.24, 2.45) is 0 Å². The SMILES string of the molecule is C=Cc1cn([C@H]2CC(O)[C@@H](CO)O2)c(=O)[nH]c1=O. The van der Waals surface area contributed by atoms with Crippen molar-refractivity contribution in [3.8, 4) is 0 Å². The molecular formula is C11H14N2O5. The molecule has 18 heavy (non-hydrogen) atoms. The number of aliphatic hydroxyl groups is 2. The van der Waals surface area contributed by atoms with E-state index >= 15 is 0 Å². The molecule has 1 aliphatic heterocycles. The smallest absolute Gasteiger partial charge is 0.330 e. The zero-order valence-corrected chi connectivity index (χ0v) is 9.57. The van der Waals surface area contributed by atoms with Gasteiger partial charge in [-0.1, -0.05) is 12.7 Å². The maximum atomic E-state index is 11.6. The van der Waals surface area contributed by atoms with Gasteiger partial charge >= 0.3 is 5.69 Å². The second-order valence-corrected chi connectivity index (χ2v) is 4.07. The van der Waals surface area contributed by atoms with E-state index in [0.717, 1.165) is 0 Å². The first-order valence-corrected chi connectivity index (χ1v) is 5.49. The van der Waals surface area contributed by atoms with Gasteiger partial charge in [-0.15, -0.1) is 0 Å². The van der Waals surface area contributed by atoms with Crippen LogP contribution in [0.1, 0.15) is 18.2 Å². The van der Waals surface area contributed by atoms with Crippen molar-refractivity contribution in [3.05, 3.63) is 39.2 Å². The summed E-state index contributed by atoms with van der Waals surface area (Å²) in [4.78, 5) is 25.1. The molecule has 1 unspecified atom stereocenters. The molecule has 7 nitrogen and oxygen atoms in total. The zero-order valence-electron chi connectivity index (χ0n) is 9.57. The summed E-state index contributed by atoms with van der Waals surface area (Å²) in [5.74, 6) is 0. The quantitative estimate of drug-likeness (QED) is 0.630. The minimum Gasteiger partial charge on any atom is -0.394 e. The molecule has 98 valence electrons. The van der Waals surface area contributed by atoms with Gasteiger partial charge in [0.25, 0.3) is 5.56 Å². The predicted molar refractivity (Wildman–Crippen MR) is 63.0 cm³/mol. The highest BCUT2D eigenvalue weighted by Gasteiger charge is 2.34. The summed E-state index contributed by atoms with van der Waals surface area (Å²) >= 11 is 0. The Morgan fingerprint density at radius 3 is 2.89 bits per heavy atom. The molecule has 3 N–H and O–H groups in total. The summed E-state index contributed by atoms with van der Waals surface area (Å²) in [6.45, 7) is 3.14. The van der Waals surface area contributed by atoms with Crippen LogP contribution in [0, 0.1) is 0 Å². The lowest BCUT2D eigenvalue weighted by molar-refractivity contribution is -0.0459. The summed E-state index contributed by atoms with van der Waals surface area (Å²) in [5, 5.41) is 18.6. The summed E-state index contributed by atoms with van der Waals surface area (Å²) in [5.41, 5.74) is -0.912. The van der Waals surface area contributed by atoms with Crippen LogP contribution in [-0.2, 0) is 4.74 Å². The first-order chi connectivity index (χ1) is 8.56. The van der Waals surface area contributed by atoms with Gasteiger partial charge in [-0.25, -0.2) is 4.79 Å². The molecule has 0 spiro atoms. The van der Waals surface area contributed by atoms with Crippen LogP contribution in [0.25, 0.3) is 6.08 Å². The fourth-order valence-corrected chi connectivity index (χ4v) is 1.91. The number of rotatable bonds is 3. The Morgan fingerprint density at radius 1 is 1.61 bits per heavy atom. The van der Waals surface area contributed by atoms with Gasteiger partial charge in [-0.05, 0) is 0 Å². The number of hydrogen-bond acceptors (Lipinski definition) is 5. The predicted octanol–water partition coefficient (Wildman–Crippen LogP) is -1.18. The molecule has 2 heterocycles. The van der Waals surface area contributed by atoms with Crippen LogP contribution in [0.3, 0.4) is 0 Å². The van der Waals surface area contributed by atoms with Gasteiger partial charge in [-0.3, -0.25) is 14.3 Å². The number of nitrogens with zero attached hydrogens (tertiary/aromatic N) is 1. The highest BCUT2D eigenvalue weighted by atomic mass is 16.5. The molecule has 2 rings (SSSR count). The van der Waals surface area contributed by atoms with Crippen molar-refractivity contribution in [1.29, 1.82) is 0 Å². The molecule has 0 saturated carbocycles. The molecule has 1 aromatic heterocycles. The molecule has 1 fully saturated rings. The maximum Gasteiger partial charge on any atom is 0.330 e. The fraction of sp³-hybridized carbons (Fsp3) is 0.455. The monoisotopic (exact) mass is 254 g/mol. The van der Waals surface area contributed by atoms with E-state index in [-0.39, 0.29) is 18.6 Å². The fourth-order valence-electron chi connectivity index (χ4n) is 1.91. The van der Waals surface area contributed by atoms with Gasteiger partial charge in [0.2, 0.25) is 0 Å². The average Bonchev–Trinajstić information content (AvgIpc) is 2.70. The van der Waals surface area contributed by atoms with E-state index in [2.05, 4.69) is 11.6 Å². The Kier molecular flexibility index (Phi) is 3.46. The van der Waals surface area contributed by atoms with Crippen LogP contribution in [0.2, 0.25) is 0 Å². The number of aromatic nitrogens is 2. The Bertz CT molecular complexity index is 561. The van der Waals surface area contributed by atoms with E-state index < -0.39 is 29.7 Å². The molecule has 1 saturated heterocycles. The van der Waals surface area contributed by atoms with Crippen molar-refractivity contribution in [1.82, 2.24) is 9.55 Å². The molecule has 1 aliphatic rings. The molecule has 7 heteroatoms. The highest BCUT2D eigenvalue weighted by molar-refractivity contribution is 5.43. The molecule has 3 atom stereocenters. The molecule has 0 aliphatic carbocycles. The average molecular weight is 254 g/mol. The number of nitrogens with one attached hydrogen (secondary N) is 1. The second-order valence-electron chi connectivity index (χ2n) is 4.07. The number of H-pyrrole nitrogens is 1. The highest BCUT2D eigenvalue weighted by Crippen LogP contribution is 2.27. The standard InChI is InChI=1S/C11H14N2O5/c1-2-6-4-13(11(17)12-10(6)16)9-3-7(15)8(5-14)18-9/h2,4,7-9,14-15H,1,3,5H2,(H,12,16,17)/t7?,8-,9-/m1/s1. The lowest BCUT2D eigenvalue weighted by Gasteiger charge is -2.14. The number of aromatic amines is 1. The van der Waals surface area contributed by atoms with Crippen LogP contribution in [-0.4, -0.2) is 38.6 Å². The Hall–Kier alpha value is -1.70. The van der Waals surface area contributed by atoms with Crippen LogP contribution in [0.5, 0.6) is 0 Å². The van der Waals surface area contributed by atoms with Gasteiger partial charge in [0.05, 0.1) is 18.3 Å². The summed E-state index contributed by atoms with van der Waals surface area (Å²) in [6, 6.07) is 0. The molecular weight excluding hydrogens is 240 g/mol. The Labute approximate surface area is 102 Å². The van der Waals surface area contributed by atoms with Gasteiger partial charge in [-0.2, -0.15) is 0 Å². The van der Waals surface area contributed by atoms with Gasteiger partial charge in [0, 0.05) is 12.6 Å². The number of hydrogen-bond donors (Lipinski definition) is 3. The lowest BCUT2D eigenvalue weighted by Crippen LogP contribution is -2.33. The van der Waals surface area contributed by atoms with Crippen LogP contribution >= 0.6 is 0 Å². The second kappa shape index (κ2) is 4.89. The van der Waals surface area contributed by atoms with E-state index in [4.69, 9.17) is 9.84 Å². The van der Waals surface area contributed by atoms with Crippen LogP contribution < -0.4 is 11.2 Å². The molecule has 1 aromatic rings. The first-order valence-electron chi connectivity index (χ1n) is 5.49. The minimum absolute atomic E-state index is 0.174. The summed E-state index contributed by atoms with van der Waals surface area (Å²) in [7, 11) is 0. The lowest BCUT2D eigenvalue weighted by atomic mass is 10.2. The largest absolute Gasteiger partial charge is 0.394 e. The van der Waals surface area contributed by atoms with Crippen molar-refractivity contribution in [2.75, 3.05) is 6.61 Å². The Balaban J connectivity index is 2.38. The number of ether oxygens (including phenoxy) is 1. The van der Waals surface area contributed by atoms with E-state index in [0.29, 0.717) is 0 Å². The summed E-state index contributed by atoms with van der Waals surface area (Å²) in [6.07, 6.45) is 0.551.